The van der Waals surface area contributed by atoms with Crippen LogP contribution in [0.3, 0.4) is 0 Å². The zero-order valence-electron chi connectivity index (χ0n) is 8.73. The molecule has 0 spiro atoms. The number of aliphatic hydroxyl groups excluding tert-OH is 1. The van der Waals surface area contributed by atoms with Crippen LogP contribution in [-0.4, -0.2) is 24.8 Å². The van der Waals surface area contributed by atoms with Gasteiger partial charge in [-0.05, 0) is 11.6 Å². The molecule has 0 aromatic heterocycles. The van der Waals surface area contributed by atoms with Gasteiger partial charge in [0, 0.05) is 24.2 Å². The Morgan fingerprint density at radius 2 is 1.94 bits per heavy atom. The highest BCUT2D eigenvalue weighted by Crippen LogP contribution is 2.21. The number of hydrogen-bond donors (Lipinski definition) is 3. The predicted octanol–water partition coefficient (Wildman–Crippen LogP) is 1.77. The van der Waals surface area contributed by atoms with Crippen LogP contribution in [0.15, 0.2) is 24.3 Å². The van der Waals surface area contributed by atoms with Crippen molar-refractivity contribution in [1.82, 2.24) is 5.32 Å². The highest BCUT2D eigenvalue weighted by molar-refractivity contribution is 6.31. The molecule has 3 nitrogen and oxygen atoms in total. The molecule has 94 valence electrons. The van der Waals surface area contributed by atoms with Crippen molar-refractivity contribution in [2.24, 2.45) is 5.73 Å². The smallest absolute Gasteiger partial charge is 0.0556 e. The molecule has 1 aromatic carbocycles. The van der Waals surface area contributed by atoms with Gasteiger partial charge in [-0.3, -0.25) is 0 Å². The Hall–Kier alpha value is -0.0300. The second-order valence-corrected chi connectivity index (χ2v) is 3.39. The highest BCUT2D eigenvalue weighted by Gasteiger charge is 2.10. The van der Waals surface area contributed by atoms with Crippen molar-refractivity contribution in [2.45, 2.75) is 6.04 Å². The molecule has 1 aromatic rings. The summed E-state index contributed by atoms with van der Waals surface area (Å²) in [6.07, 6.45) is 0. The van der Waals surface area contributed by atoms with Crippen LogP contribution in [0.5, 0.6) is 0 Å². The third-order valence-corrected chi connectivity index (χ3v) is 2.36. The first-order chi connectivity index (χ1) is 6.79. The molecule has 0 amide bonds. The van der Waals surface area contributed by atoms with Crippen molar-refractivity contribution >= 4 is 36.4 Å². The lowest BCUT2D eigenvalue weighted by Crippen LogP contribution is -2.30. The molecule has 4 N–H and O–H groups in total. The van der Waals surface area contributed by atoms with Crippen molar-refractivity contribution in [3.05, 3.63) is 34.9 Å². The van der Waals surface area contributed by atoms with Crippen molar-refractivity contribution in [1.29, 1.82) is 0 Å². The lowest BCUT2D eigenvalue weighted by molar-refractivity contribution is 0.285. The Balaban J connectivity index is 0. The van der Waals surface area contributed by atoms with Crippen molar-refractivity contribution in [3.63, 3.8) is 0 Å². The normalized spacial score (nSPS) is 11.2. The van der Waals surface area contributed by atoms with Crippen molar-refractivity contribution in [3.8, 4) is 0 Å². The van der Waals surface area contributed by atoms with Crippen LogP contribution < -0.4 is 11.1 Å². The van der Waals surface area contributed by atoms with Gasteiger partial charge >= 0.3 is 0 Å². The van der Waals surface area contributed by atoms with Gasteiger partial charge in [0.25, 0.3) is 0 Å². The number of hydrogen-bond acceptors (Lipinski definition) is 3. The van der Waals surface area contributed by atoms with E-state index in [0.29, 0.717) is 18.1 Å². The van der Waals surface area contributed by atoms with E-state index in [-0.39, 0.29) is 37.5 Å². The van der Waals surface area contributed by atoms with Gasteiger partial charge in [-0.15, -0.1) is 24.8 Å². The first kappa shape index (κ1) is 18.3. The number of rotatable bonds is 5. The number of benzene rings is 1. The number of aliphatic hydroxyl groups is 1. The molecule has 0 bridgehead atoms. The standard InChI is InChI=1S/C10H15ClN2O.2ClH/c11-9-4-2-1-3-8(9)10(7-12)13-5-6-14;;/h1-4,10,13-14H,5-7,12H2;2*1H. The molecule has 0 aliphatic carbocycles. The molecule has 1 rings (SSSR count). The molecule has 6 heteroatoms. The maximum Gasteiger partial charge on any atom is 0.0556 e. The van der Waals surface area contributed by atoms with Gasteiger partial charge in [0.1, 0.15) is 0 Å². The summed E-state index contributed by atoms with van der Waals surface area (Å²) in [5.74, 6) is 0. The second kappa shape index (κ2) is 10.1. The van der Waals surface area contributed by atoms with Crippen LogP contribution in [0.25, 0.3) is 0 Å². The summed E-state index contributed by atoms with van der Waals surface area (Å²) in [6, 6.07) is 7.58. The lowest BCUT2D eigenvalue weighted by atomic mass is 10.1. The average molecular weight is 288 g/mol. The zero-order chi connectivity index (χ0) is 10.4. The molecular formula is C10H17Cl3N2O. The van der Waals surface area contributed by atoms with Crippen LogP contribution in [-0.2, 0) is 0 Å². The fourth-order valence-electron chi connectivity index (χ4n) is 1.32. The van der Waals surface area contributed by atoms with Crippen molar-refractivity contribution in [2.75, 3.05) is 19.7 Å². The van der Waals surface area contributed by atoms with Crippen LogP contribution >= 0.6 is 36.4 Å². The van der Waals surface area contributed by atoms with E-state index < -0.39 is 0 Å². The monoisotopic (exact) mass is 286 g/mol. The third-order valence-electron chi connectivity index (χ3n) is 2.02. The summed E-state index contributed by atoms with van der Waals surface area (Å²) >= 11 is 6.02. The first-order valence-corrected chi connectivity index (χ1v) is 4.96. The van der Waals surface area contributed by atoms with E-state index >= 15 is 0 Å². The van der Waals surface area contributed by atoms with Crippen LogP contribution in [0.4, 0.5) is 0 Å². The summed E-state index contributed by atoms with van der Waals surface area (Å²) < 4.78 is 0. The molecule has 0 saturated carbocycles. The van der Waals surface area contributed by atoms with Gasteiger partial charge in [0.05, 0.1) is 6.61 Å². The maximum absolute atomic E-state index is 8.69. The van der Waals surface area contributed by atoms with E-state index in [4.69, 9.17) is 22.4 Å². The molecule has 16 heavy (non-hydrogen) atoms. The van der Waals surface area contributed by atoms with Crippen LogP contribution in [0.1, 0.15) is 11.6 Å². The number of nitrogens with two attached hydrogens (primary N) is 1. The van der Waals surface area contributed by atoms with E-state index in [2.05, 4.69) is 5.32 Å². The zero-order valence-corrected chi connectivity index (χ0v) is 11.1. The van der Waals surface area contributed by atoms with E-state index in [1.165, 1.54) is 0 Å². The Bertz CT molecular complexity index is 287. The fraction of sp³-hybridized carbons (Fsp3) is 0.400. The van der Waals surface area contributed by atoms with Crippen molar-refractivity contribution < 1.29 is 5.11 Å². The Morgan fingerprint density at radius 3 is 2.44 bits per heavy atom. The molecule has 0 saturated heterocycles. The Labute approximate surface area is 113 Å². The fourth-order valence-corrected chi connectivity index (χ4v) is 1.58. The summed E-state index contributed by atoms with van der Waals surface area (Å²) in [4.78, 5) is 0. The lowest BCUT2D eigenvalue weighted by Gasteiger charge is -2.17. The van der Waals surface area contributed by atoms with Gasteiger partial charge < -0.3 is 16.2 Å². The van der Waals surface area contributed by atoms with Gasteiger partial charge in [0.2, 0.25) is 0 Å². The van der Waals surface area contributed by atoms with Gasteiger partial charge in [-0.1, -0.05) is 29.8 Å². The molecule has 0 aliphatic rings. The van der Waals surface area contributed by atoms with Gasteiger partial charge in [-0.25, -0.2) is 0 Å². The molecular weight excluding hydrogens is 270 g/mol. The molecule has 0 aliphatic heterocycles. The van der Waals surface area contributed by atoms with Gasteiger partial charge in [0.15, 0.2) is 0 Å². The number of halogens is 3. The Kier molecular flexibility index (Phi) is 11.6. The topological polar surface area (TPSA) is 58.3 Å². The average Bonchev–Trinajstić information content (AvgIpc) is 2.21. The van der Waals surface area contributed by atoms with Gasteiger partial charge in [-0.2, -0.15) is 0 Å². The minimum atomic E-state index is 0. The first-order valence-electron chi connectivity index (χ1n) is 4.58. The summed E-state index contributed by atoms with van der Waals surface area (Å²) in [6.45, 7) is 1.08. The van der Waals surface area contributed by atoms with E-state index in [0.717, 1.165) is 5.56 Å². The largest absolute Gasteiger partial charge is 0.395 e. The maximum atomic E-state index is 8.69. The van der Waals surface area contributed by atoms with Crippen LogP contribution in [0, 0.1) is 0 Å². The SMILES string of the molecule is Cl.Cl.NCC(NCCO)c1ccccc1Cl. The molecule has 1 unspecified atom stereocenters. The second-order valence-electron chi connectivity index (χ2n) is 2.99. The molecule has 0 heterocycles. The van der Waals surface area contributed by atoms with Crippen LogP contribution in [0.2, 0.25) is 5.02 Å². The summed E-state index contributed by atoms with van der Waals surface area (Å²) in [5, 5.41) is 12.5. The molecule has 0 fully saturated rings. The third kappa shape index (κ3) is 5.34. The highest BCUT2D eigenvalue weighted by atomic mass is 35.5. The van der Waals surface area contributed by atoms with E-state index in [1.807, 2.05) is 24.3 Å². The summed E-state index contributed by atoms with van der Waals surface area (Å²) in [7, 11) is 0. The quantitative estimate of drug-likeness (QED) is 0.773. The summed E-state index contributed by atoms with van der Waals surface area (Å²) in [5.41, 5.74) is 6.59. The molecule has 1 atom stereocenters. The number of nitrogens with one attached hydrogen (secondary N) is 1. The molecule has 0 radical (unpaired) electrons. The van der Waals surface area contributed by atoms with E-state index in [9.17, 15) is 0 Å². The van der Waals surface area contributed by atoms with E-state index in [1.54, 1.807) is 0 Å². The Morgan fingerprint density at radius 1 is 1.31 bits per heavy atom. The minimum Gasteiger partial charge on any atom is -0.395 e. The predicted molar refractivity (Wildman–Crippen MR) is 72.8 cm³/mol. The minimum absolute atomic E-state index is 0.